The molecule has 3 nitrogen and oxygen atoms in total. The Morgan fingerprint density at radius 2 is 1.94 bits per heavy atom. The van der Waals surface area contributed by atoms with Gasteiger partial charge in [-0.25, -0.2) is 4.79 Å². The first-order valence-corrected chi connectivity index (χ1v) is 6.15. The van der Waals surface area contributed by atoms with Gasteiger partial charge < -0.3 is 9.84 Å². The maximum atomic E-state index is 12.6. The third-order valence-corrected chi connectivity index (χ3v) is 3.27. The molecule has 0 bridgehead atoms. The summed E-state index contributed by atoms with van der Waals surface area (Å²) in [5.74, 6) is -5.14. The number of ether oxygens (including phenoxy) is 1. The van der Waals surface area contributed by atoms with Gasteiger partial charge >= 0.3 is 11.9 Å². The summed E-state index contributed by atoms with van der Waals surface area (Å²) in [4.78, 5) is 10.9. The molecule has 0 amide bonds. The predicted molar refractivity (Wildman–Crippen MR) is 69.8 cm³/mol. The molecule has 0 atom stereocenters. The minimum atomic E-state index is -3.54. The Morgan fingerprint density at radius 1 is 1.38 bits per heavy atom. The summed E-state index contributed by atoms with van der Waals surface area (Å²) >= 11 is 3.58. The molecule has 0 spiro atoms. The van der Waals surface area contributed by atoms with Crippen LogP contribution in [0.5, 0.6) is 11.5 Å². The number of esters is 1. The fraction of sp³-hybridized carbons (Fsp3) is 0.222. The van der Waals surface area contributed by atoms with Gasteiger partial charge in [-0.2, -0.15) is 8.78 Å². The number of benzene rings is 1. The summed E-state index contributed by atoms with van der Waals surface area (Å²) in [5, 5.41) is 9.32. The summed E-state index contributed by atoms with van der Waals surface area (Å²) < 4.78 is 30.5. The topological polar surface area (TPSA) is 46.5 Å². The lowest BCUT2D eigenvalue weighted by molar-refractivity contribution is -0.158. The Balaban J connectivity index is 2.99. The first kappa shape index (κ1) is 13.9. The number of hydrogen-bond donors (Lipinski definition) is 1. The lowest BCUT2D eigenvalue weighted by atomic mass is 10.3. The van der Waals surface area contributed by atoms with Crippen LogP contribution < -0.4 is 4.74 Å². The second kappa shape index (κ2) is 4.98. The molecule has 0 aromatic heterocycles. The van der Waals surface area contributed by atoms with Crippen molar-refractivity contribution in [3.05, 3.63) is 19.3 Å². The Kier molecular flexibility index (Phi) is 4.32. The second-order valence-electron chi connectivity index (χ2n) is 3.01. The van der Waals surface area contributed by atoms with E-state index in [1.54, 1.807) is 45.2 Å². The molecule has 1 rings (SSSR count). The third kappa shape index (κ3) is 3.40. The van der Waals surface area contributed by atoms with Crippen molar-refractivity contribution in [1.82, 2.24) is 0 Å². The lowest BCUT2D eigenvalue weighted by Crippen LogP contribution is -2.29. The van der Waals surface area contributed by atoms with Crippen LogP contribution in [0.25, 0.3) is 0 Å². The number of rotatable bonds is 2. The molecule has 0 aliphatic carbocycles. The van der Waals surface area contributed by atoms with Crippen LogP contribution in [0, 0.1) is 7.14 Å². The van der Waals surface area contributed by atoms with Crippen LogP contribution >= 0.6 is 45.2 Å². The fourth-order valence-electron chi connectivity index (χ4n) is 0.786. The van der Waals surface area contributed by atoms with Crippen molar-refractivity contribution >= 4 is 51.2 Å². The van der Waals surface area contributed by atoms with Gasteiger partial charge in [-0.3, -0.25) is 0 Å². The molecule has 0 heterocycles. The highest BCUT2D eigenvalue weighted by Crippen LogP contribution is 2.31. The van der Waals surface area contributed by atoms with E-state index in [4.69, 9.17) is 0 Å². The van der Waals surface area contributed by atoms with Crippen LogP contribution in [0.3, 0.4) is 0 Å². The lowest BCUT2D eigenvalue weighted by Gasteiger charge is -2.11. The van der Waals surface area contributed by atoms with E-state index in [9.17, 15) is 18.7 Å². The number of halogens is 4. The number of phenols is 1. The minimum Gasteiger partial charge on any atom is -0.507 e. The highest BCUT2D eigenvalue weighted by atomic mass is 127. The van der Waals surface area contributed by atoms with Gasteiger partial charge in [-0.15, -0.1) is 0 Å². The molecule has 1 N–H and O–H groups in total. The Hall–Kier alpha value is -0.190. The predicted octanol–water partition coefficient (Wildman–Crippen LogP) is 3.16. The number of hydrogen-bond acceptors (Lipinski definition) is 3. The van der Waals surface area contributed by atoms with Crippen LogP contribution in [-0.2, 0) is 4.79 Å². The van der Waals surface area contributed by atoms with Crippen molar-refractivity contribution in [3.63, 3.8) is 0 Å². The van der Waals surface area contributed by atoms with Gasteiger partial charge in [0.1, 0.15) is 11.5 Å². The fourth-order valence-corrected chi connectivity index (χ4v) is 1.79. The van der Waals surface area contributed by atoms with Gasteiger partial charge in [0.25, 0.3) is 0 Å². The monoisotopic (exact) mass is 454 g/mol. The minimum absolute atomic E-state index is 0.00746. The van der Waals surface area contributed by atoms with Gasteiger partial charge in [-0.05, 0) is 57.3 Å². The molecule has 0 aliphatic rings. The normalized spacial score (nSPS) is 11.3. The first-order valence-electron chi connectivity index (χ1n) is 4.00. The molecule has 88 valence electrons. The average molecular weight is 454 g/mol. The van der Waals surface area contributed by atoms with E-state index < -0.39 is 11.9 Å². The smallest absolute Gasteiger partial charge is 0.382 e. The summed E-state index contributed by atoms with van der Waals surface area (Å²) in [6, 6.07) is 2.65. The van der Waals surface area contributed by atoms with E-state index in [-0.39, 0.29) is 11.5 Å². The number of carbonyl (C=O) groups excluding carboxylic acids is 1. The van der Waals surface area contributed by atoms with Crippen LogP contribution in [0.4, 0.5) is 8.78 Å². The van der Waals surface area contributed by atoms with Gasteiger partial charge in [0.2, 0.25) is 0 Å². The summed E-state index contributed by atoms with van der Waals surface area (Å²) in [5.41, 5.74) is 0. The molecular weight excluding hydrogens is 448 g/mol. The number of alkyl halides is 2. The molecule has 7 heteroatoms. The van der Waals surface area contributed by atoms with Crippen molar-refractivity contribution in [1.29, 1.82) is 0 Å². The molecule has 0 aliphatic heterocycles. The third-order valence-electron chi connectivity index (χ3n) is 1.56. The van der Waals surface area contributed by atoms with Crippen molar-refractivity contribution < 1.29 is 23.4 Å². The maximum absolute atomic E-state index is 12.6. The van der Waals surface area contributed by atoms with Crippen LogP contribution in [0.15, 0.2) is 12.1 Å². The van der Waals surface area contributed by atoms with Gasteiger partial charge in [-0.1, -0.05) is 0 Å². The molecule has 16 heavy (non-hydrogen) atoms. The molecule has 0 unspecified atom stereocenters. The zero-order valence-corrected chi connectivity index (χ0v) is 12.2. The molecule has 0 saturated carbocycles. The molecule has 0 radical (unpaired) electrons. The molecule has 0 saturated heterocycles. The van der Waals surface area contributed by atoms with Crippen molar-refractivity contribution in [2.24, 2.45) is 0 Å². The molecule has 0 fully saturated rings. The summed E-state index contributed by atoms with van der Waals surface area (Å²) in [6.45, 7) is 0.466. The van der Waals surface area contributed by atoms with Gasteiger partial charge in [0.15, 0.2) is 0 Å². The van der Waals surface area contributed by atoms with Gasteiger partial charge in [0, 0.05) is 6.92 Å². The number of carbonyl (C=O) groups is 1. The summed E-state index contributed by atoms with van der Waals surface area (Å²) in [6.07, 6.45) is 0. The Morgan fingerprint density at radius 3 is 2.44 bits per heavy atom. The number of aromatic hydroxyl groups is 1. The maximum Gasteiger partial charge on any atom is 0.382 e. The second-order valence-corrected chi connectivity index (χ2v) is 5.34. The van der Waals surface area contributed by atoms with Gasteiger partial charge in [0.05, 0.1) is 7.14 Å². The van der Waals surface area contributed by atoms with Crippen molar-refractivity contribution in [2.75, 3.05) is 0 Å². The average Bonchev–Trinajstić information content (AvgIpc) is 2.12. The molecule has 1 aromatic rings. The Bertz CT molecular complexity index is 429. The van der Waals surface area contributed by atoms with Crippen molar-refractivity contribution in [3.8, 4) is 11.5 Å². The highest BCUT2D eigenvalue weighted by molar-refractivity contribution is 14.1. The van der Waals surface area contributed by atoms with E-state index in [0.29, 0.717) is 14.1 Å². The SMILES string of the molecule is CC(F)(F)C(=O)Oc1cc(I)c(O)cc1I. The molecular formula is C9H6F2I2O3. The van der Waals surface area contributed by atoms with Crippen LogP contribution in [-0.4, -0.2) is 17.0 Å². The Labute approximate surface area is 117 Å². The zero-order valence-electron chi connectivity index (χ0n) is 7.93. The van der Waals surface area contributed by atoms with Crippen LogP contribution in [0.1, 0.15) is 6.92 Å². The highest BCUT2D eigenvalue weighted by Gasteiger charge is 2.35. The van der Waals surface area contributed by atoms with E-state index >= 15 is 0 Å². The summed E-state index contributed by atoms with van der Waals surface area (Å²) in [7, 11) is 0. The zero-order chi connectivity index (χ0) is 12.5. The standard InChI is InChI=1S/C9H6F2I2O3/c1-9(10,11)8(15)16-7-3-4(12)6(14)2-5(7)13/h2-3,14H,1H3. The number of phenolic OH excluding ortho intramolecular Hbond substituents is 1. The van der Waals surface area contributed by atoms with E-state index in [1.165, 1.54) is 12.1 Å². The van der Waals surface area contributed by atoms with Crippen molar-refractivity contribution in [2.45, 2.75) is 12.8 Å². The quantitative estimate of drug-likeness (QED) is 0.425. The van der Waals surface area contributed by atoms with Crippen LogP contribution in [0.2, 0.25) is 0 Å². The first-order chi connectivity index (χ1) is 7.21. The van der Waals surface area contributed by atoms with E-state index in [2.05, 4.69) is 4.74 Å². The van der Waals surface area contributed by atoms with E-state index in [0.717, 1.165) is 0 Å². The molecule has 1 aromatic carbocycles. The largest absolute Gasteiger partial charge is 0.507 e. The van der Waals surface area contributed by atoms with E-state index in [1.807, 2.05) is 0 Å².